The number of hydrogen-bond donors (Lipinski definition) is 1. The molecule has 1 N–H and O–H groups in total. The largest absolute Gasteiger partial charge is 0.444 e. The average molecular weight is 510 g/mol. The van der Waals surface area contributed by atoms with E-state index < -0.39 is 34.9 Å². The van der Waals surface area contributed by atoms with Crippen LogP contribution in [0.2, 0.25) is 0 Å². The average Bonchev–Trinajstić information content (AvgIpc) is 2.83. The lowest BCUT2D eigenvalue weighted by molar-refractivity contribution is -0.221. The van der Waals surface area contributed by atoms with Gasteiger partial charge in [-0.15, -0.1) is 0 Å². The molecule has 1 aliphatic heterocycles. The van der Waals surface area contributed by atoms with Crippen LogP contribution in [0.5, 0.6) is 0 Å². The van der Waals surface area contributed by atoms with Crippen LogP contribution in [-0.2, 0) is 30.2 Å². The second kappa shape index (κ2) is 11.5. The molecule has 0 radical (unpaired) electrons. The number of nitrogens with one attached hydrogen (secondary N) is 1. The fourth-order valence-corrected chi connectivity index (χ4v) is 4.39. The van der Waals surface area contributed by atoms with E-state index in [4.69, 9.17) is 14.2 Å². The lowest BCUT2D eigenvalue weighted by atomic mass is 9.76. The Morgan fingerprint density at radius 1 is 1.00 bits per heavy atom. The Hall–Kier alpha value is -3.19. The highest BCUT2D eigenvalue weighted by Crippen LogP contribution is 2.33. The highest BCUT2D eigenvalue weighted by Gasteiger charge is 2.47. The number of esters is 1. The standard InChI is InChI=1S/C30H39NO6/c1-28(2,3)37-27(34)31-24(19-21-14-16-23(17-15-21)22-11-8-7-9-12-22)20-30(6)25(32)13-10-18-35-29(4,5)36-26(30)33/h7-9,11-12,14-17,24H,10,13,18-20H2,1-6H3,(H,31,34)/t24-,30?/m1/s1. The normalized spacial score (nSPS) is 21.1. The Bertz CT molecular complexity index is 1090. The smallest absolute Gasteiger partial charge is 0.407 e. The number of carbonyl (C=O) groups is 3. The maximum absolute atomic E-state index is 13.3. The molecule has 2 aromatic rings. The van der Waals surface area contributed by atoms with Crippen molar-refractivity contribution in [2.75, 3.05) is 6.61 Å². The van der Waals surface area contributed by atoms with Crippen molar-refractivity contribution in [1.82, 2.24) is 5.32 Å². The number of hydrogen-bond acceptors (Lipinski definition) is 6. The molecule has 2 aromatic carbocycles. The zero-order valence-electron chi connectivity index (χ0n) is 22.8. The van der Waals surface area contributed by atoms with Gasteiger partial charge in [0.2, 0.25) is 5.79 Å². The monoisotopic (exact) mass is 509 g/mol. The molecule has 1 heterocycles. The van der Waals surface area contributed by atoms with Crippen molar-refractivity contribution < 1.29 is 28.6 Å². The minimum Gasteiger partial charge on any atom is -0.444 e. The molecule has 1 fully saturated rings. The third-order valence-corrected chi connectivity index (χ3v) is 6.32. The Morgan fingerprint density at radius 2 is 1.62 bits per heavy atom. The maximum atomic E-state index is 13.3. The molecule has 2 atom stereocenters. The van der Waals surface area contributed by atoms with E-state index in [0.717, 1.165) is 16.7 Å². The van der Waals surface area contributed by atoms with Crippen LogP contribution in [0.4, 0.5) is 4.79 Å². The van der Waals surface area contributed by atoms with Crippen LogP contribution in [0.3, 0.4) is 0 Å². The van der Waals surface area contributed by atoms with E-state index in [0.29, 0.717) is 19.4 Å². The van der Waals surface area contributed by atoms with E-state index in [-0.39, 0.29) is 18.6 Å². The van der Waals surface area contributed by atoms with Crippen molar-refractivity contribution in [3.63, 3.8) is 0 Å². The number of carbonyl (C=O) groups excluding carboxylic acids is 3. The summed E-state index contributed by atoms with van der Waals surface area (Å²) in [4.78, 5) is 39.3. The Labute approximate surface area is 219 Å². The fraction of sp³-hybridized carbons (Fsp3) is 0.500. The Kier molecular flexibility index (Phi) is 8.80. The van der Waals surface area contributed by atoms with Crippen molar-refractivity contribution in [2.45, 2.75) is 84.7 Å². The van der Waals surface area contributed by atoms with Crippen LogP contribution in [0.15, 0.2) is 54.6 Å². The van der Waals surface area contributed by atoms with Gasteiger partial charge in [-0.3, -0.25) is 9.59 Å². The number of ketones is 1. The molecular formula is C30H39NO6. The molecule has 1 amide bonds. The molecule has 0 spiro atoms. The molecule has 0 aromatic heterocycles. The summed E-state index contributed by atoms with van der Waals surface area (Å²) in [6.45, 7) is 10.6. The Balaban J connectivity index is 1.87. The van der Waals surface area contributed by atoms with Gasteiger partial charge in [-0.2, -0.15) is 0 Å². The molecule has 1 unspecified atom stereocenters. The van der Waals surface area contributed by atoms with Crippen molar-refractivity contribution in [2.24, 2.45) is 5.41 Å². The first-order valence-electron chi connectivity index (χ1n) is 12.8. The summed E-state index contributed by atoms with van der Waals surface area (Å²) in [5.41, 5.74) is 0.995. The number of rotatable bonds is 6. The molecular weight excluding hydrogens is 470 g/mol. The first-order valence-corrected chi connectivity index (χ1v) is 12.8. The van der Waals surface area contributed by atoms with E-state index >= 15 is 0 Å². The summed E-state index contributed by atoms with van der Waals surface area (Å²) in [6.07, 6.45) is 0.548. The van der Waals surface area contributed by atoms with Crippen LogP contribution < -0.4 is 5.32 Å². The van der Waals surface area contributed by atoms with Crippen molar-refractivity contribution in [3.05, 3.63) is 60.2 Å². The highest BCUT2D eigenvalue weighted by atomic mass is 16.7. The van der Waals surface area contributed by atoms with Gasteiger partial charge >= 0.3 is 12.1 Å². The number of alkyl carbamates (subject to hydrolysis) is 1. The fourth-order valence-electron chi connectivity index (χ4n) is 4.39. The van der Waals surface area contributed by atoms with Crippen molar-refractivity contribution in [1.29, 1.82) is 0 Å². The minimum atomic E-state index is -1.45. The topological polar surface area (TPSA) is 90.9 Å². The van der Waals surface area contributed by atoms with Gasteiger partial charge in [-0.1, -0.05) is 54.6 Å². The lowest BCUT2D eigenvalue weighted by Crippen LogP contribution is -2.49. The zero-order valence-corrected chi connectivity index (χ0v) is 22.8. The lowest BCUT2D eigenvalue weighted by Gasteiger charge is -2.33. The Morgan fingerprint density at radius 3 is 2.24 bits per heavy atom. The minimum absolute atomic E-state index is 0.0699. The maximum Gasteiger partial charge on any atom is 0.407 e. The first kappa shape index (κ1) is 28.4. The highest BCUT2D eigenvalue weighted by molar-refractivity contribution is 6.03. The van der Waals surface area contributed by atoms with Crippen LogP contribution in [-0.4, -0.2) is 41.9 Å². The molecule has 7 nitrogen and oxygen atoms in total. The number of ether oxygens (including phenoxy) is 3. The van der Waals surface area contributed by atoms with E-state index in [1.807, 2.05) is 54.6 Å². The van der Waals surface area contributed by atoms with Gasteiger partial charge in [-0.25, -0.2) is 4.79 Å². The molecule has 3 rings (SSSR count). The first-order chi connectivity index (χ1) is 17.3. The van der Waals surface area contributed by atoms with Crippen molar-refractivity contribution >= 4 is 17.8 Å². The quantitative estimate of drug-likeness (QED) is 0.388. The third kappa shape index (κ3) is 8.15. The SMILES string of the molecule is CC(C)(C)OC(=O)N[C@H](Cc1ccc(-c2ccccc2)cc1)CC1(C)C(=O)CCCOC(C)(C)OC1=O. The van der Waals surface area contributed by atoms with E-state index in [2.05, 4.69) is 5.32 Å². The summed E-state index contributed by atoms with van der Waals surface area (Å²) in [5.74, 6) is -2.03. The summed E-state index contributed by atoms with van der Waals surface area (Å²) >= 11 is 0. The van der Waals surface area contributed by atoms with Gasteiger partial charge in [0.25, 0.3) is 0 Å². The van der Waals surface area contributed by atoms with Gasteiger partial charge in [0.15, 0.2) is 0 Å². The second-order valence-electron chi connectivity index (χ2n) is 11.3. The van der Waals surface area contributed by atoms with Crippen LogP contribution in [0.1, 0.15) is 66.4 Å². The van der Waals surface area contributed by atoms with Gasteiger partial charge in [0.1, 0.15) is 16.8 Å². The predicted molar refractivity (Wildman–Crippen MR) is 142 cm³/mol. The third-order valence-electron chi connectivity index (χ3n) is 6.32. The molecule has 0 aliphatic carbocycles. The molecule has 1 aliphatic rings. The number of cyclic esters (lactones) is 1. The van der Waals surface area contributed by atoms with E-state index in [9.17, 15) is 14.4 Å². The van der Waals surface area contributed by atoms with Gasteiger partial charge in [0.05, 0.1) is 6.61 Å². The van der Waals surface area contributed by atoms with Gasteiger partial charge in [-0.05, 0) is 63.6 Å². The van der Waals surface area contributed by atoms with Gasteiger partial charge in [0, 0.05) is 26.3 Å². The summed E-state index contributed by atoms with van der Waals surface area (Å²) in [6, 6.07) is 17.5. The second-order valence-corrected chi connectivity index (χ2v) is 11.3. The molecule has 0 bridgehead atoms. The number of benzene rings is 2. The number of Topliss-reactive ketones (excluding diaryl/α,β-unsaturated/α-hetero) is 1. The molecule has 0 saturated carbocycles. The van der Waals surface area contributed by atoms with E-state index in [1.54, 1.807) is 41.5 Å². The summed E-state index contributed by atoms with van der Waals surface area (Å²) < 4.78 is 16.8. The predicted octanol–water partition coefficient (Wildman–Crippen LogP) is 5.84. The van der Waals surface area contributed by atoms with E-state index in [1.165, 1.54) is 0 Å². The van der Waals surface area contributed by atoms with Gasteiger partial charge < -0.3 is 19.5 Å². The molecule has 200 valence electrons. The molecule has 7 heteroatoms. The van der Waals surface area contributed by atoms with Crippen LogP contribution in [0, 0.1) is 5.41 Å². The molecule has 37 heavy (non-hydrogen) atoms. The zero-order chi connectivity index (χ0) is 27.3. The van der Waals surface area contributed by atoms with Crippen LogP contribution in [0.25, 0.3) is 11.1 Å². The van der Waals surface area contributed by atoms with Crippen LogP contribution >= 0.6 is 0 Å². The number of amides is 1. The van der Waals surface area contributed by atoms with Crippen molar-refractivity contribution in [3.8, 4) is 11.1 Å². The summed E-state index contributed by atoms with van der Waals surface area (Å²) in [7, 11) is 0. The summed E-state index contributed by atoms with van der Waals surface area (Å²) in [5, 5.41) is 2.90. The molecule has 1 saturated heterocycles.